The van der Waals surface area contributed by atoms with E-state index in [1.165, 1.54) is 0 Å². The van der Waals surface area contributed by atoms with Crippen LogP contribution in [0.2, 0.25) is 10.0 Å². The molecule has 0 spiro atoms. The van der Waals surface area contributed by atoms with Crippen molar-refractivity contribution in [3.63, 3.8) is 0 Å². The second-order valence-corrected chi connectivity index (χ2v) is 5.19. The monoisotopic (exact) mass is 311 g/mol. The van der Waals surface area contributed by atoms with Crippen LogP contribution in [0.25, 0.3) is 0 Å². The smallest absolute Gasteiger partial charge is 0.106 e. The highest BCUT2D eigenvalue weighted by atomic mass is 35.5. The number of nitrogens with zero attached hydrogens (tertiary/aromatic N) is 1. The van der Waals surface area contributed by atoms with Crippen molar-refractivity contribution in [1.82, 2.24) is 4.98 Å². The number of thiocarbonyl (C=S) groups is 1. The normalized spacial score (nSPS) is 10.3. The fourth-order valence-corrected chi connectivity index (χ4v) is 2.26. The standard InChI is InChI=1S/C13H11Cl2N3S/c1-7-2-3-9(14)12(11(7)15)18-10-6-17-5-4-8(10)13(16)19/h2-6,18H,1H3,(H2,16,19). The van der Waals surface area contributed by atoms with Gasteiger partial charge in [-0.2, -0.15) is 0 Å². The summed E-state index contributed by atoms with van der Waals surface area (Å²) < 4.78 is 0. The zero-order valence-corrected chi connectivity index (χ0v) is 12.4. The predicted molar refractivity (Wildman–Crippen MR) is 84.6 cm³/mol. The van der Waals surface area contributed by atoms with E-state index in [2.05, 4.69) is 10.3 Å². The Morgan fingerprint density at radius 1 is 1.32 bits per heavy atom. The van der Waals surface area contributed by atoms with Crippen molar-refractivity contribution >= 4 is 51.8 Å². The number of rotatable bonds is 3. The first-order chi connectivity index (χ1) is 9.00. The van der Waals surface area contributed by atoms with E-state index in [4.69, 9.17) is 41.2 Å². The number of hydrogen-bond acceptors (Lipinski definition) is 3. The molecule has 0 aliphatic heterocycles. The molecule has 0 radical (unpaired) electrons. The van der Waals surface area contributed by atoms with Gasteiger partial charge in [-0.15, -0.1) is 0 Å². The average molecular weight is 312 g/mol. The summed E-state index contributed by atoms with van der Waals surface area (Å²) >= 11 is 17.4. The van der Waals surface area contributed by atoms with Crippen LogP contribution in [-0.2, 0) is 0 Å². The summed E-state index contributed by atoms with van der Waals surface area (Å²) in [7, 11) is 0. The van der Waals surface area contributed by atoms with Crippen molar-refractivity contribution in [2.75, 3.05) is 5.32 Å². The molecule has 3 nitrogen and oxygen atoms in total. The van der Waals surface area contributed by atoms with Crippen molar-refractivity contribution in [1.29, 1.82) is 0 Å². The zero-order chi connectivity index (χ0) is 14.0. The van der Waals surface area contributed by atoms with Crippen molar-refractivity contribution in [3.05, 3.63) is 51.8 Å². The molecule has 0 saturated carbocycles. The van der Waals surface area contributed by atoms with Crippen LogP contribution in [0.4, 0.5) is 11.4 Å². The zero-order valence-electron chi connectivity index (χ0n) is 10.1. The molecular formula is C13H11Cl2N3S. The molecule has 0 bridgehead atoms. The summed E-state index contributed by atoms with van der Waals surface area (Å²) in [4.78, 5) is 4.32. The third-order valence-electron chi connectivity index (χ3n) is 2.63. The number of benzene rings is 1. The molecule has 0 amide bonds. The quantitative estimate of drug-likeness (QED) is 0.839. The van der Waals surface area contributed by atoms with Crippen LogP contribution in [-0.4, -0.2) is 9.97 Å². The Labute approximate surface area is 126 Å². The lowest BCUT2D eigenvalue weighted by atomic mass is 10.2. The minimum absolute atomic E-state index is 0.282. The van der Waals surface area contributed by atoms with Crippen LogP contribution >= 0.6 is 35.4 Å². The van der Waals surface area contributed by atoms with Gasteiger partial charge in [0.05, 0.1) is 27.6 Å². The highest BCUT2D eigenvalue weighted by molar-refractivity contribution is 7.80. The van der Waals surface area contributed by atoms with Crippen LogP contribution in [0.5, 0.6) is 0 Å². The lowest BCUT2D eigenvalue weighted by Gasteiger charge is -2.14. The van der Waals surface area contributed by atoms with E-state index < -0.39 is 0 Å². The first kappa shape index (κ1) is 14.1. The number of halogens is 2. The van der Waals surface area contributed by atoms with E-state index in [0.29, 0.717) is 27.0 Å². The Kier molecular flexibility index (Phi) is 4.24. The summed E-state index contributed by atoms with van der Waals surface area (Å²) in [5.74, 6) is 0. The molecule has 1 heterocycles. The van der Waals surface area contributed by atoms with Crippen molar-refractivity contribution < 1.29 is 0 Å². The number of anilines is 2. The molecule has 2 aromatic rings. The maximum Gasteiger partial charge on any atom is 0.106 e. The van der Waals surface area contributed by atoms with Crippen molar-refractivity contribution in [3.8, 4) is 0 Å². The number of hydrogen-bond donors (Lipinski definition) is 2. The maximum absolute atomic E-state index is 6.25. The van der Waals surface area contributed by atoms with Gasteiger partial charge < -0.3 is 11.1 Å². The largest absolute Gasteiger partial charge is 0.389 e. The minimum Gasteiger partial charge on any atom is -0.389 e. The van der Waals surface area contributed by atoms with E-state index in [-0.39, 0.29) is 4.99 Å². The Balaban J connectivity index is 2.48. The van der Waals surface area contributed by atoms with Crippen molar-refractivity contribution in [2.24, 2.45) is 5.73 Å². The van der Waals surface area contributed by atoms with Crippen LogP contribution in [0, 0.1) is 6.92 Å². The fraction of sp³-hybridized carbons (Fsp3) is 0.0769. The van der Waals surface area contributed by atoms with Gasteiger partial charge in [0.2, 0.25) is 0 Å². The Morgan fingerprint density at radius 2 is 2.05 bits per heavy atom. The van der Waals surface area contributed by atoms with Gasteiger partial charge in [-0.05, 0) is 24.6 Å². The Hall–Kier alpha value is -1.36. The summed E-state index contributed by atoms with van der Waals surface area (Å²) in [6.07, 6.45) is 3.25. The highest BCUT2D eigenvalue weighted by Crippen LogP contribution is 2.35. The molecule has 19 heavy (non-hydrogen) atoms. The molecule has 0 atom stereocenters. The van der Waals surface area contributed by atoms with E-state index in [9.17, 15) is 0 Å². The van der Waals surface area contributed by atoms with E-state index in [1.807, 2.05) is 13.0 Å². The number of pyridine rings is 1. The second kappa shape index (κ2) is 5.74. The molecule has 1 aromatic heterocycles. The number of aryl methyl sites for hydroxylation is 1. The van der Waals surface area contributed by atoms with Crippen molar-refractivity contribution in [2.45, 2.75) is 6.92 Å². The lowest BCUT2D eigenvalue weighted by Crippen LogP contribution is -2.12. The van der Waals surface area contributed by atoms with Gasteiger partial charge in [0.1, 0.15) is 4.99 Å². The Morgan fingerprint density at radius 3 is 2.74 bits per heavy atom. The molecular weight excluding hydrogens is 301 g/mol. The van der Waals surface area contributed by atoms with Crippen LogP contribution in [0.3, 0.4) is 0 Å². The molecule has 3 N–H and O–H groups in total. The highest BCUT2D eigenvalue weighted by Gasteiger charge is 2.11. The van der Waals surface area contributed by atoms with Gasteiger partial charge in [0, 0.05) is 11.8 Å². The van der Waals surface area contributed by atoms with Gasteiger partial charge in [0.25, 0.3) is 0 Å². The summed E-state index contributed by atoms with van der Waals surface area (Å²) in [5.41, 5.74) is 8.58. The molecule has 0 saturated heterocycles. The number of nitrogens with one attached hydrogen (secondary N) is 1. The lowest BCUT2D eigenvalue weighted by molar-refractivity contribution is 1.31. The summed E-state index contributed by atoms with van der Waals surface area (Å²) in [6.45, 7) is 1.90. The van der Waals surface area contributed by atoms with Crippen LogP contribution < -0.4 is 11.1 Å². The second-order valence-electron chi connectivity index (χ2n) is 3.96. The third kappa shape index (κ3) is 2.97. The number of aromatic nitrogens is 1. The maximum atomic E-state index is 6.25. The van der Waals surface area contributed by atoms with Gasteiger partial charge in [-0.1, -0.05) is 41.5 Å². The van der Waals surface area contributed by atoms with E-state index in [0.717, 1.165) is 5.56 Å². The molecule has 0 unspecified atom stereocenters. The summed E-state index contributed by atoms with van der Waals surface area (Å²) in [5, 5.41) is 4.22. The van der Waals surface area contributed by atoms with Gasteiger partial charge in [-0.3, -0.25) is 4.98 Å². The predicted octanol–water partition coefficient (Wildman–Crippen LogP) is 4.07. The van der Waals surface area contributed by atoms with Gasteiger partial charge in [0.15, 0.2) is 0 Å². The van der Waals surface area contributed by atoms with E-state index in [1.54, 1.807) is 24.5 Å². The fourth-order valence-electron chi connectivity index (χ4n) is 1.61. The third-order valence-corrected chi connectivity index (χ3v) is 3.65. The molecule has 1 aromatic carbocycles. The molecule has 6 heteroatoms. The average Bonchev–Trinajstić information content (AvgIpc) is 2.39. The molecule has 0 aliphatic rings. The first-order valence-electron chi connectivity index (χ1n) is 5.46. The molecule has 2 rings (SSSR count). The molecule has 98 valence electrons. The van der Waals surface area contributed by atoms with E-state index >= 15 is 0 Å². The molecule has 0 aliphatic carbocycles. The SMILES string of the molecule is Cc1ccc(Cl)c(Nc2cnccc2C(N)=S)c1Cl. The number of nitrogens with two attached hydrogens (primary N) is 1. The summed E-state index contributed by atoms with van der Waals surface area (Å²) in [6, 6.07) is 5.37. The Bertz CT molecular complexity index is 644. The van der Waals surface area contributed by atoms with Crippen LogP contribution in [0.1, 0.15) is 11.1 Å². The van der Waals surface area contributed by atoms with Gasteiger partial charge >= 0.3 is 0 Å². The topological polar surface area (TPSA) is 50.9 Å². The van der Waals surface area contributed by atoms with Crippen LogP contribution in [0.15, 0.2) is 30.6 Å². The first-order valence-corrected chi connectivity index (χ1v) is 6.62. The van der Waals surface area contributed by atoms with Gasteiger partial charge in [-0.25, -0.2) is 0 Å². The molecule has 0 fully saturated rings. The minimum atomic E-state index is 0.282.